The van der Waals surface area contributed by atoms with Crippen molar-refractivity contribution in [3.8, 4) is 0 Å². The van der Waals surface area contributed by atoms with E-state index in [0.29, 0.717) is 10.6 Å². The third-order valence-electron chi connectivity index (χ3n) is 2.21. The van der Waals surface area contributed by atoms with Gasteiger partial charge in [-0.25, -0.2) is 9.78 Å². The number of ketones is 1. The van der Waals surface area contributed by atoms with Crippen LogP contribution in [-0.4, -0.2) is 15.8 Å². The smallest absolute Gasteiger partial charge is 0.346 e. The number of hydrogen-bond acceptors (Lipinski definition) is 4. The number of carbonyl (C=O) groups excluding carboxylic acids is 1. The molecule has 0 unspecified atom stereocenters. The van der Waals surface area contributed by atoms with E-state index in [1.54, 1.807) is 24.3 Å². The van der Waals surface area contributed by atoms with Crippen LogP contribution in [-0.2, 0) is 0 Å². The number of anilines is 1. The number of nitrogens with zero attached hydrogens (tertiary/aromatic N) is 1. The molecule has 0 aliphatic heterocycles. The van der Waals surface area contributed by atoms with Gasteiger partial charge >= 0.3 is 5.69 Å². The topological polar surface area (TPSA) is 88.8 Å². The van der Waals surface area contributed by atoms with Crippen molar-refractivity contribution < 1.29 is 4.79 Å². The van der Waals surface area contributed by atoms with Crippen LogP contribution >= 0.6 is 11.6 Å². The van der Waals surface area contributed by atoms with Gasteiger partial charge in [-0.2, -0.15) is 0 Å². The lowest BCUT2D eigenvalue weighted by atomic mass is 10.1. The Morgan fingerprint density at radius 3 is 2.65 bits per heavy atom. The Morgan fingerprint density at radius 2 is 2.00 bits per heavy atom. The molecular formula is C11H8ClN3O2. The number of nitrogens with two attached hydrogens (primary N) is 1. The molecule has 1 aromatic carbocycles. The minimum absolute atomic E-state index is 0.0186. The highest BCUT2D eigenvalue weighted by Crippen LogP contribution is 2.20. The second-order valence-corrected chi connectivity index (χ2v) is 3.73. The van der Waals surface area contributed by atoms with Crippen LogP contribution in [0.1, 0.15) is 15.9 Å². The molecule has 86 valence electrons. The van der Waals surface area contributed by atoms with Gasteiger partial charge in [-0.1, -0.05) is 23.7 Å². The summed E-state index contributed by atoms with van der Waals surface area (Å²) in [6, 6.07) is 6.58. The zero-order valence-corrected chi connectivity index (χ0v) is 9.36. The lowest BCUT2D eigenvalue weighted by Gasteiger charge is -2.04. The van der Waals surface area contributed by atoms with E-state index in [1.807, 2.05) is 0 Å². The molecule has 2 aromatic rings. The predicted molar refractivity (Wildman–Crippen MR) is 64.2 cm³/mol. The molecule has 1 heterocycles. The third kappa shape index (κ3) is 2.19. The fourth-order valence-corrected chi connectivity index (χ4v) is 1.60. The van der Waals surface area contributed by atoms with Crippen molar-refractivity contribution in [3.05, 3.63) is 57.1 Å². The van der Waals surface area contributed by atoms with Gasteiger partial charge < -0.3 is 5.73 Å². The summed E-state index contributed by atoms with van der Waals surface area (Å²) in [6.07, 6.45) is 1.14. The summed E-state index contributed by atoms with van der Waals surface area (Å²) in [6.45, 7) is 0. The van der Waals surface area contributed by atoms with Crippen LogP contribution in [0, 0.1) is 0 Å². The third-order valence-corrected chi connectivity index (χ3v) is 2.54. The lowest BCUT2D eigenvalue weighted by molar-refractivity contribution is 0.103. The number of nitrogens with one attached hydrogen (secondary N) is 1. The highest BCUT2D eigenvalue weighted by atomic mass is 35.5. The van der Waals surface area contributed by atoms with E-state index in [9.17, 15) is 9.59 Å². The normalized spacial score (nSPS) is 10.2. The number of benzene rings is 1. The Hall–Kier alpha value is -2.14. The van der Waals surface area contributed by atoms with Gasteiger partial charge in [0.05, 0.1) is 10.6 Å². The van der Waals surface area contributed by atoms with Crippen LogP contribution in [0.4, 0.5) is 5.82 Å². The van der Waals surface area contributed by atoms with E-state index in [1.165, 1.54) is 0 Å². The molecule has 0 radical (unpaired) electrons. The second kappa shape index (κ2) is 4.39. The van der Waals surface area contributed by atoms with Gasteiger partial charge in [0.2, 0.25) is 0 Å². The first kappa shape index (κ1) is 11.3. The summed E-state index contributed by atoms with van der Waals surface area (Å²) in [5, 5.41) is 0.322. The maximum Gasteiger partial charge on any atom is 0.346 e. The molecule has 17 heavy (non-hydrogen) atoms. The van der Waals surface area contributed by atoms with Crippen molar-refractivity contribution in [2.24, 2.45) is 0 Å². The van der Waals surface area contributed by atoms with E-state index < -0.39 is 5.69 Å². The number of aromatic amines is 1. The average molecular weight is 250 g/mol. The Bertz CT molecular complexity index is 637. The van der Waals surface area contributed by atoms with Gasteiger partial charge in [-0.05, 0) is 12.1 Å². The highest BCUT2D eigenvalue weighted by Gasteiger charge is 2.15. The monoisotopic (exact) mass is 249 g/mol. The molecule has 0 aliphatic carbocycles. The van der Waals surface area contributed by atoms with Crippen molar-refractivity contribution >= 4 is 23.2 Å². The predicted octanol–water partition coefficient (Wildman–Crippen LogP) is 1.24. The molecule has 0 saturated heterocycles. The molecule has 5 nitrogen and oxygen atoms in total. The number of rotatable bonds is 2. The quantitative estimate of drug-likeness (QED) is 0.784. The Labute approximate surface area is 101 Å². The standard InChI is InChI=1S/C11H8ClN3O2/c12-8-4-2-1-3-6(8)9(16)7-5-14-11(17)15-10(7)13/h1-5H,(H3,13,14,15,17). The summed E-state index contributed by atoms with van der Waals surface area (Å²) in [5.74, 6) is -0.397. The molecule has 1 aromatic heterocycles. The minimum atomic E-state index is -0.599. The molecular weight excluding hydrogens is 242 g/mol. The fourth-order valence-electron chi connectivity index (χ4n) is 1.38. The molecule has 0 bridgehead atoms. The SMILES string of the molecule is Nc1[nH]c(=O)ncc1C(=O)c1ccccc1Cl. The molecule has 0 aliphatic rings. The first-order valence-electron chi connectivity index (χ1n) is 4.73. The van der Waals surface area contributed by atoms with Gasteiger partial charge in [-0.15, -0.1) is 0 Å². The van der Waals surface area contributed by atoms with Crippen LogP contribution in [0.5, 0.6) is 0 Å². The summed E-state index contributed by atoms with van der Waals surface area (Å²) in [7, 11) is 0. The van der Waals surface area contributed by atoms with E-state index >= 15 is 0 Å². The van der Waals surface area contributed by atoms with Gasteiger partial charge in [-0.3, -0.25) is 9.78 Å². The van der Waals surface area contributed by atoms with Gasteiger partial charge in [0.15, 0.2) is 5.78 Å². The number of nitrogen functional groups attached to an aromatic ring is 1. The average Bonchev–Trinajstić information content (AvgIpc) is 2.29. The van der Waals surface area contributed by atoms with Crippen molar-refractivity contribution in [3.63, 3.8) is 0 Å². The van der Waals surface area contributed by atoms with Gasteiger partial charge in [0.1, 0.15) is 5.82 Å². The molecule has 6 heteroatoms. The minimum Gasteiger partial charge on any atom is -0.384 e. The fraction of sp³-hybridized carbons (Fsp3) is 0. The van der Waals surface area contributed by atoms with Gasteiger partial charge in [0, 0.05) is 11.8 Å². The van der Waals surface area contributed by atoms with Crippen molar-refractivity contribution in [2.75, 3.05) is 5.73 Å². The summed E-state index contributed by atoms with van der Waals surface area (Å²) in [5.41, 5.74) is 5.39. The van der Waals surface area contributed by atoms with E-state index in [4.69, 9.17) is 17.3 Å². The molecule has 0 saturated carbocycles. The Balaban J connectivity index is 2.52. The zero-order valence-electron chi connectivity index (χ0n) is 8.61. The number of H-pyrrole nitrogens is 1. The molecule has 3 N–H and O–H groups in total. The van der Waals surface area contributed by atoms with Gasteiger partial charge in [0.25, 0.3) is 0 Å². The first-order chi connectivity index (χ1) is 8.09. The van der Waals surface area contributed by atoms with E-state index in [0.717, 1.165) is 6.20 Å². The summed E-state index contributed by atoms with van der Waals surface area (Å²) in [4.78, 5) is 28.7. The van der Waals surface area contributed by atoms with Crippen LogP contribution in [0.3, 0.4) is 0 Å². The molecule has 0 atom stereocenters. The maximum absolute atomic E-state index is 12.1. The first-order valence-corrected chi connectivity index (χ1v) is 5.11. The van der Waals surface area contributed by atoms with Crippen LogP contribution in [0.25, 0.3) is 0 Å². The number of aromatic nitrogens is 2. The van der Waals surface area contributed by atoms with Crippen molar-refractivity contribution in [1.29, 1.82) is 0 Å². The van der Waals surface area contributed by atoms with Crippen molar-refractivity contribution in [2.45, 2.75) is 0 Å². The molecule has 0 spiro atoms. The van der Waals surface area contributed by atoms with Crippen molar-refractivity contribution in [1.82, 2.24) is 9.97 Å². The lowest BCUT2D eigenvalue weighted by Crippen LogP contribution is -2.17. The largest absolute Gasteiger partial charge is 0.384 e. The summed E-state index contributed by atoms with van der Waals surface area (Å²) >= 11 is 5.90. The van der Waals surface area contributed by atoms with Crippen LogP contribution < -0.4 is 11.4 Å². The number of carbonyl (C=O) groups is 1. The second-order valence-electron chi connectivity index (χ2n) is 3.32. The molecule has 0 amide bonds. The molecule has 0 fully saturated rings. The Kier molecular flexibility index (Phi) is 2.93. The number of halogens is 1. The van der Waals surface area contributed by atoms with E-state index in [-0.39, 0.29) is 17.2 Å². The maximum atomic E-state index is 12.1. The van der Waals surface area contributed by atoms with Crippen LogP contribution in [0.15, 0.2) is 35.3 Å². The van der Waals surface area contributed by atoms with Crippen LogP contribution in [0.2, 0.25) is 5.02 Å². The highest BCUT2D eigenvalue weighted by molar-refractivity contribution is 6.35. The Morgan fingerprint density at radius 1 is 1.29 bits per heavy atom. The number of hydrogen-bond donors (Lipinski definition) is 2. The summed E-state index contributed by atoms with van der Waals surface area (Å²) < 4.78 is 0. The van der Waals surface area contributed by atoms with E-state index in [2.05, 4.69) is 9.97 Å². The zero-order chi connectivity index (χ0) is 12.4. The molecule has 2 rings (SSSR count).